The Morgan fingerprint density at radius 1 is 1.33 bits per heavy atom. The van der Waals surface area contributed by atoms with E-state index < -0.39 is 0 Å². The maximum atomic E-state index is 13.0. The molecule has 2 rings (SSSR count). The van der Waals surface area contributed by atoms with Gasteiger partial charge >= 0.3 is 0 Å². The van der Waals surface area contributed by atoms with E-state index in [2.05, 4.69) is 4.90 Å². The molecule has 0 spiro atoms. The molecule has 1 fully saturated rings. The number of Topliss-reactive ketones (excluding diaryl/α,β-unsaturated/α-hetero) is 1. The summed E-state index contributed by atoms with van der Waals surface area (Å²) in [6, 6.07) is 5.89. The maximum Gasteiger partial charge on any atom is 0.164 e. The third-order valence-electron chi connectivity index (χ3n) is 3.12. The Kier molecular flexibility index (Phi) is 4.84. The van der Waals surface area contributed by atoms with Crippen LogP contribution in [0.3, 0.4) is 0 Å². The number of hydrogen-bond donors (Lipinski definition) is 0. The molecule has 98 valence electrons. The second-order valence-electron chi connectivity index (χ2n) is 4.49. The SMILES string of the molecule is O=C(CCN1CCCOCC1)c1cccc(F)c1. The molecule has 0 aliphatic carbocycles. The van der Waals surface area contributed by atoms with Crippen LogP contribution in [0.5, 0.6) is 0 Å². The predicted octanol–water partition coefficient (Wildman–Crippen LogP) is 2.12. The van der Waals surface area contributed by atoms with Gasteiger partial charge in [-0.1, -0.05) is 12.1 Å². The van der Waals surface area contributed by atoms with Crippen molar-refractivity contribution >= 4 is 5.78 Å². The molecule has 1 aliphatic heterocycles. The first kappa shape index (κ1) is 13.2. The van der Waals surface area contributed by atoms with Crippen LogP contribution in [0.2, 0.25) is 0 Å². The Bertz CT molecular complexity index is 401. The van der Waals surface area contributed by atoms with Crippen molar-refractivity contribution in [3.8, 4) is 0 Å². The number of hydrogen-bond acceptors (Lipinski definition) is 3. The Labute approximate surface area is 107 Å². The van der Waals surface area contributed by atoms with Crippen molar-refractivity contribution in [3.63, 3.8) is 0 Å². The van der Waals surface area contributed by atoms with E-state index in [0.717, 1.165) is 39.3 Å². The summed E-state index contributed by atoms with van der Waals surface area (Å²) in [5.74, 6) is -0.358. The molecule has 0 N–H and O–H groups in total. The third-order valence-corrected chi connectivity index (χ3v) is 3.12. The van der Waals surface area contributed by atoms with E-state index in [1.165, 1.54) is 12.1 Å². The van der Waals surface area contributed by atoms with Gasteiger partial charge in [0.25, 0.3) is 0 Å². The summed E-state index contributed by atoms with van der Waals surface area (Å²) in [6.07, 6.45) is 1.44. The van der Waals surface area contributed by atoms with Crippen LogP contribution in [0, 0.1) is 5.82 Å². The van der Waals surface area contributed by atoms with Gasteiger partial charge in [0, 0.05) is 38.2 Å². The molecule has 0 saturated carbocycles. The third kappa shape index (κ3) is 3.89. The summed E-state index contributed by atoms with van der Waals surface area (Å²) in [6.45, 7) is 4.09. The van der Waals surface area contributed by atoms with Gasteiger partial charge in [0.2, 0.25) is 0 Å². The van der Waals surface area contributed by atoms with Crippen molar-refractivity contribution in [2.24, 2.45) is 0 Å². The lowest BCUT2D eigenvalue weighted by atomic mass is 10.1. The number of benzene rings is 1. The van der Waals surface area contributed by atoms with Gasteiger partial charge in [0.05, 0.1) is 6.61 Å². The van der Waals surface area contributed by atoms with Crippen molar-refractivity contribution in [2.45, 2.75) is 12.8 Å². The predicted molar refractivity (Wildman–Crippen MR) is 67.2 cm³/mol. The van der Waals surface area contributed by atoms with Gasteiger partial charge in [-0.15, -0.1) is 0 Å². The summed E-state index contributed by atoms with van der Waals surface area (Å²) < 4.78 is 18.4. The van der Waals surface area contributed by atoms with Crippen molar-refractivity contribution in [2.75, 3.05) is 32.8 Å². The minimum atomic E-state index is -0.357. The van der Waals surface area contributed by atoms with E-state index in [9.17, 15) is 9.18 Å². The number of ketones is 1. The molecule has 1 aromatic rings. The van der Waals surface area contributed by atoms with Gasteiger partial charge in [0.1, 0.15) is 5.82 Å². The molecule has 0 amide bonds. The minimum Gasteiger partial charge on any atom is -0.380 e. The zero-order valence-corrected chi connectivity index (χ0v) is 10.4. The fourth-order valence-corrected chi connectivity index (χ4v) is 2.09. The van der Waals surface area contributed by atoms with Crippen LogP contribution in [0.25, 0.3) is 0 Å². The van der Waals surface area contributed by atoms with Gasteiger partial charge in [-0.05, 0) is 18.6 Å². The molecule has 0 bridgehead atoms. The zero-order chi connectivity index (χ0) is 12.8. The van der Waals surface area contributed by atoms with Crippen LogP contribution in [0.15, 0.2) is 24.3 Å². The lowest BCUT2D eigenvalue weighted by Crippen LogP contribution is -2.28. The van der Waals surface area contributed by atoms with Crippen LogP contribution in [0.4, 0.5) is 4.39 Å². The second-order valence-corrected chi connectivity index (χ2v) is 4.49. The van der Waals surface area contributed by atoms with Crippen molar-refractivity contribution in [1.82, 2.24) is 4.90 Å². The fourth-order valence-electron chi connectivity index (χ4n) is 2.09. The average Bonchev–Trinajstić information content (AvgIpc) is 2.64. The van der Waals surface area contributed by atoms with Gasteiger partial charge in [-0.2, -0.15) is 0 Å². The minimum absolute atomic E-state index is 0.000310. The highest BCUT2D eigenvalue weighted by Gasteiger charge is 2.12. The van der Waals surface area contributed by atoms with Crippen molar-refractivity contribution in [3.05, 3.63) is 35.6 Å². The first-order valence-corrected chi connectivity index (χ1v) is 6.34. The van der Waals surface area contributed by atoms with E-state index in [-0.39, 0.29) is 11.6 Å². The molecule has 4 heteroatoms. The summed E-state index contributed by atoms with van der Waals surface area (Å²) in [5, 5.41) is 0. The quantitative estimate of drug-likeness (QED) is 0.768. The van der Waals surface area contributed by atoms with Gasteiger partial charge in [-0.3, -0.25) is 4.79 Å². The average molecular weight is 251 g/mol. The molecule has 0 aromatic heterocycles. The van der Waals surface area contributed by atoms with E-state index in [1.807, 2.05) is 0 Å². The van der Waals surface area contributed by atoms with Gasteiger partial charge in [-0.25, -0.2) is 4.39 Å². The molecular weight excluding hydrogens is 233 g/mol. The summed E-state index contributed by atoms with van der Waals surface area (Å²) >= 11 is 0. The normalized spacial score (nSPS) is 17.4. The number of carbonyl (C=O) groups excluding carboxylic acids is 1. The summed E-state index contributed by atoms with van der Waals surface area (Å²) in [4.78, 5) is 14.1. The fraction of sp³-hybridized carbons (Fsp3) is 0.500. The highest BCUT2D eigenvalue weighted by Crippen LogP contribution is 2.08. The number of rotatable bonds is 4. The molecular formula is C14H18FNO2. The number of nitrogens with zero attached hydrogens (tertiary/aromatic N) is 1. The lowest BCUT2D eigenvalue weighted by molar-refractivity contribution is 0.0959. The molecule has 18 heavy (non-hydrogen) atoms. The zero-order valence-electron chi connectivity index (χ0n) is 10.4. The molecule has 0 unspecified atom stereocenters. The van der Waals surface area contributed by atoms with Crippen LogP contribution in [-0.2, 0) is 4.74 Å². The van der Waals surface area contributed by atoms with E-state index in [1.54, 1.807) is 12.1 Å². The monoisotopic (exact) mass is 251 g/mol. The van der Waals surface area contributed by atoms with Crippen LogP contribution < -0.4 is 0 Å². The Balaban J connectivity index is 1.84. The molecule has 0 radical (unpaired) electrons. The largest absolute Gasteiger partial charge is 0.380 e. The Hall–Kier alpha value is -1.26. The van der Waals surface area contributed by atoms with Crippen molar-refractivity contribution < 1.29 is 13.9 Å². The van der Waals surface area contributed by atoms with E-state index >= 15 is 0 Å². The van der Waals surface area contributed by atoms with Crippen LogP contribution >= 0.6 is 0 Å². The first-order chi connectivity index (χ1) is 8.75. The van der Waals surface area contributed by atoms with Gasteiger partial charge in [0.15, 0.2) is 5.78 Å². The number of ether oxygens (including phenoxy) is 1. The first-order valence-electron chi connectivity index (χ1n) is 6.34. The number of halogens is 1. The van der Waals surface area contributed by atoms with Crippen LogP contribution in [-0.4, -0.2) is 43.5 Å². The van der Waals surface area contributed by atoms with Crippen molar-refractivity contribution in [1.29, 1.82) is 0 Å². The molecule has 3 nitrogen and oxygen atoms in total. The summed E-state index contributed by atoms with van der Waals surface area (Å²) in [5.41, 5.74) is 0.459. The standard InChI is InChI=1S/C14H18FNO2/c15-13-4-1-3-12(11-13)14(17)5-7-16-6-2-9-18-10-8-16/h1,3-4,11H,2,5-10H2. The number of carbonyl (C=O) groups is 1. The highest BCUT2D eigenvalue weighted by molar-refractivity contribution is 5.96. The second kappa shape index (κ2) is 6.61. The molecule has 1 aromatic carbocycles. The molecule has 1 saturated heterocycles. The lowest BCUT2D eigenvalue weighted by Gasteiger charge is -2.18. The van der Waals surface area contributed by atoms with E-state index in [0.29, 0.717) is 12.0 Å². The Morgan fingerprint density at radius 3 is 3.06 bits per heavy atom. The van der Waals surface area contributed by atoms with Gasteiger partial charge < -0.3 is 9.64 Å². The van der Waals surface area contributed by atoms with Crippen LogP contribution in [0.1, 0.15) is 23.2 Å². The molecule has 1 aliphatic rings. The smallest absolute Gasteiger partial charge is 0.164 e. The molecule has 1 heterocycles. The Morgan fingerprint density at radius 2 is 2.22 bits per heavy atom. The van der Waals surface area contributed by atoms with E-state index in [4.69, 9.17) is 4.74 Å². The maximum absolute atomic E-state index is 13.0. The highest BCUT2D eigenvalue weighted by atomic mass is 19.1. The summed E-state index contributed by atoms with van der Waals surface area (Å²) in [7, 11) is 0. The molecule has 0 atom stereocenters. The topological polar surface area (TPSA) is 29.5 Å².